The van der Waals surface area contributed by atoms with Crippen molar-refractivity contribution in [2.45, 2.75) is 38.1 Å². The molecule has 2 atom stereocenters. The van der Waals surface area contributed by atoms with E-state index in [-0.39, 0.29) is 0 Å². The normalized spacial score (nSPS) is 27.3. The van der Waals surface area contributed by atoms with Gasteiger partial charge in [-0.15, -0.1) is 0 Å². The standard InChI is InChI=1S/C14H18Cl2N2/c15-10-7-12(17)14(8-11(10)16)18-6-5-9-3-1-2-4-13(9)18/h7-9,13H,1-6,17H2. The lowest BCUT2D eigenvalue weighted by Gasteiger charge is -2.34. The van der Waals surface area contributed by atoms with Crippen LogP contribution in [0.5, 0.6) is 0 Å². The Kier molecular flexibility index (Phi) is 3.33. The molecule has 1 aliphatic heterocycles. The Morgan fingerprint density at radius 3 is 2.61 bits per heavy atom. The predicted molar refractivity (Wildman–Crippen MR) is 78.6 cm³/mol. The fourth-order valence-corrected chi connectivity index (χ4v) is 3.84. The maximum atomic E-state index is 6.13. The third kappa shape index (κ3) is 2.06. The number of nitrogen functional groups attached to an aromatic ring is 1. The van der Waals surface area contributed by atoms with Crippen molar-refractivity contribution in [3.8, 4) is 0 Å². The second-order valence-corrected chi connectivity index (χ2v) is 6.23. The average Bonchev–Trinajstić information content (AvgIpc) is 2.78. The maximum absolute atomic E-state index is 6.13. The molecule has 98 valence electrons. The number of fused-ring (bicyclic) bond motifs is 1. The van der Waals surface area contributed by atoms with Crippen molar-refractivity contribution in [2.75, 3.05) is 17.2 Å². The molecule has 4 heteroatoms. The largest absolute Gasteiger partial charge is 0.397 e. The van der Waals surface area contributed by atoms with Gasteiger partial charge >= 0.3 is 0 Å². The van der Waals surface area contributed by atoms with Crippen molar-refractivity contribution in [3.63, 3.8) is 0 Å². The zero-order chi connectivity index (χ0) is 12.7. The van der Waals surface area contributed by atoms with Crippen molar-refractivity contribution in [1.82, 2.24) is 0 Å². The van der Waals surface area contributed by atoms with Crippen LogP contribution in [0.4, 0.5) is 11.4 Å². The molecular weight excluding hydrogens is 267 g/mol. The highest BCUT2D eigenvalue weighted by Crippen LogP contribution is 2.42. The fourth-order valence-electron chi connectivity index (χ4n) is 3.51. The number of hydrogen-bond acceptors (Lipinski definition) is 2. The number of halogens is 2. The third-order valence-electron chi connectivity index (χ3n) is 4.39. The van der Waals surface area contributed by atoms with Gasteiger partial charge in [0.1, 0.15) is 0 Å². The van der Waals surface area contributed by atoms with E-state index in [1.807, 2.05) is 6.07 Å². The molecule has 1 saturated heterocycles. The van der Waals surface area contributed by atoms with Gasteiger partial charge in [0.15, 0.2) is 0 Å². The van der Waals surface area contributed by atoms with Crippen molar-refractivity contribution in [3.05, 3.63) is 22.2 Å². The average molecular weight is 285 g/mol. The summed E-state index contributed by atoms with van der Waals surface area (Å²) in [4.78, 5) is 2.45. The van der Waals surface area contributed by atoms with Crippen LogP contribution in [0.3, 0.4) is 0 Å². The minimum atomic E-state index is 0.539. The van der Waals surface area contributed by atoms with Gasteiger partial charge in [-0.2, -0.15) is 0 Å². The lowest BCUT2D eigenvalue weighted by molar-refractivity contribution is 0.342. The summed E-state index contributed by atoms with van der Waals surface area (Å²) >= 11 is 12.1. The first kappa shape index (κ1) is 12.4. The molecule has 3 rings (SSSR count). The number of benzene rings is 1. The Morgan fingerprint density at radius 1 is 1.06 bits per heavy atom. The van der Waals surface area contributed by atoms with Gasteiger partial charge < -0.3 is 10.6 Å². The summed E-state index contributed by atoms with van der Waals surface area (Å²) < 4.78 is 0. The molecule has 0 radical (unpaired) electrons. The SMILES string of the molecule is Nc1cc(Cl)c(Cl)cc1N1CCC2CCCCC21. The summed E-state index contributed by atoms with van der Waals surface area (Å²) in [5.41, 5.74) is 7.92. The van der Waals surface area contributed by atoms with E-state index >= 15 is 0 Å². The van der Waals surface area contributed by atoms with Gasteiger partial charge in [-0.05, 0) is 37.3 Å². The van der Waals surface area contributed by atoms with Gasteiger partial charge in [-0.3, -0.25) is 0 Å². The molecule has 18 heavy (non-hydrogen) atoms. The van der Waals surface area contributed by atoms with Crippen LogP contribution >= 0.6 is 23.2 Å². The van der Waals surface area contributed by atoms with E-state index in [1.54, 1.807) is 6.07 Å². The molecule has 1 aromatic rings. The molecule has 1 aliphatic carbocycles. The smallest absolute Gasteiger partial charge is 0.0618 e. The summed E-state index contributed by atoms with van der Waals surface area (Å²) in [5, 5.41) is 1.14. The van der Waals surface area contributed by atoms with E-state index in [0.29, 0.717) is 16.1 Å². The van der Waals surface area contributed by atoms with Gasteiger partial charge in [0, 0.05) is 12.6 Å². The number of anilines is 2. The lowest BCUT2D eigenvalue weighted by atomic mass is 9.85. The summed E-state index contributed by atoms with van der Waals surface area (Å²) in [5.74, 6) is 0.840. The second kappa shape index (κ2) is 4.82. The van der Waals surface area contributed by atoms with E-state index in [2.05, 4.69) is 4.90 Å². The van der Waals surface area contributed by atoms with E-state index < -0.39 is 0 Å². The van der Waals surface area contributed by atoms with Crippen LogP contribution in [-0.4, -0.2) is 12.6 Å². The molecular formula is C14H18Cl2N2. The highest BCUT2D eigenvalue weighted by Gasteiger charge is 2.36. The first-order valence-corrected chi connectivity index (χ1v) is 7.43. The molecule has 1 heterocycles. The third-order valence-corrected chi connectivity index (χ3v) is 5.11. The summed E-state index contributed by atoms with van der Waals surface area (Å²) in [6, 6.07) is 4.35. The molecule has 2 aliphatic rings. The molecule has 2 fully saturated rings. The summed E-state index contributed by atoms with van der Waals surface area (Å²) in [6.07, 6.45) is 6.64. The Labute approximate surface area is 118 Å². The van der Waals surface area contributed by atoms with Gasteiger partial charge in [-0.25, -0.2) is 0 Å². The summed E-state index contributed by atoms with van der Waals surface area (Å²) in [6.45, 7) is 1.09. The molecule has 1 aromatic carbocycles. The first-order valence-electron chi connectivity index (χ1n) is 6.68. The number of nitrogens with two attached hydrogens (primary N) is 1. The zero-order valence-corrected chi connectivity index (χ0v) is 11.8. The first-order chi connectivity index (χ1) is 8.66. The van der Waals surface area contributed by atoms with Crippen LogP contribution in [0.15, 0.2) is 12.1 Å². The van der Waals surface area contributed by atoms with Crippen LogP contribution in [0, 0.1) is 5.92 Å². The topological polar surface area (TPSA) is 29.3 Å². The van der Waals surface area contributed by atoms with E-state index in [4.69, 9.17) is 28.9 Å². The van der Waals surface area contributed by atoms with Crippen molar-refractivity contribution in [1.29, 1.82) is 0 Å². The van der Waals surface area contributed by atoms with Crippen molar-refractivity contribution in [2.24, 2.45) is 5.92 Å². The molecule has 0 bridgehead atoms. The Balaban J connectivity index is 1.93. The maximum Gasteiger partial charge on any atom is 0.0618 e. The Morgan fingerprint density at radius 2 is 1.78 bits per heavy atom. The van der Waals surface area contributed by atoms with Gasteiger partial charge in [-0.1, -0.05) is 36.0 Å². The van der Waals surface area contributed by atoms with E-state index in [1.165, 1.54) is 32.1 Å². The van der Waals surface area contributed by atoms with Gasteiger partial charge in [0.05, 0.1) is 21.4 Å². The molecule has 0 spiro atoms. The van der Waals surface area contributed by atoms with Gasteiger partial charge in [0.25, 0.3) is 0 Å². The zero-order valence-electron chi connectivity index (χ0n) is 10.3. The predicted octanol–water partition coefficient (Wildman–Crippen LogP) is 4.34. The molecule has 2 nitrogen and oxygen atoms in total. The minimum Gasteiger partial charge on any atom is -0.397 e. The molecule has 2 N–H and O–H groups in total. The van der Waals surface area contributed by atoms with Crippen LogP contribution < -0.4 is 10.6 Å². The molecule has 0 aromatic heterocycles. The monoisotopic (exact) mass is 284 g/mol. The fraction of sp³-hybridized carbons (Fsp3) is 0.571. The Bertz CT molecular complexity index is 461. The van der Waals surface area contributed by atoms with Crippen LogP contribution in [0.2, 0.25) is 10.0 Å². The summed E-state index contributed by atoms with van der Waals surface area (Å²) in [7, 11) is 0. The van der Waals surface area contributed by atoms with Crippen LogP contribution in [-0.2, 0) is 0 Å². The number of nitrogens with zero attached hydrogens (tertiary/aromatic N) is 1. The lowest BCUT2D eigenvalue weighted by Crippen LogP contribution is -2.35. The number of rotatable bonds is 1. The quantitative estimate of drug-likeness (QED) is 0.777. The van der Waals surface area contributed by atoms with Crippen molar-refractivity contribution >= 4 is 34.6 Å². The van der Waals surface area contributed by atoms with Crippen LogP contribution in [0.25, 0.3) is 0 Å². The molecule has 2 unspecified atom stereocenters. The molecule has 0 amide bonds. The van der Waals surface area contributed by atoms with Crippen molar-refractivity contribution < 1.29 is 0 Å². The second-order valence-electron chi connectivity index (χ2n) is 5.42. The minimum absolute atomic E-state index is 0.539. The van der Waals surface area contributed by atoms with Crippen LogP contribution in [0.1, 0.15) is 32.1 Å². The molecule has 1 saturated carbocycles. The van der Waals surface area contributed by atoms with E-state index in [0.717, 1.165) is 23.8 Å². The Hall–Kier alpha value is -0.600. The highest BCUT2D eigenvalue weighted by atomic mass is 35.5. The van der Waals surface area contributed by atoms with E-state index in [9.17, 15) is 0 Å². The number of hydrogen-bond donors (Lipinski definition) is 1. The highest BCUT2D eigenvalue weighted by molar-refractivity contribution is 6.42. The van der Waals surface area contributed by atoms with Gasteiger partial charge in [0.2, 0.25) is 0 Å².